The SMILES string of the molecule is CCOC(=O)CNCc1sc(C)nc1C. The lowest BCUT2D eigenvalue weighted by atomic mass is 10.4. The van der Waals surface area contributed by atoms with Gasteiger partial charge in [-0.05, 0) is 20.8 Å². The minimum Gasteiger partial charge on any atom is -0.465 e. The number of carbonyl (C=O) groups excluding carboxylic acids is 1. The van der Waals surface area contributed by atoms with Crippen LogP contribution in [0.5, 0.6) is 0 Å². The molecule has 1 aromatic rings. The lowest BCUT2D eigenvalue weighted by molar-refractivity contribution is -0.142. The first-order chi connectivity index (χ1) is 7.13. The Bertz CT molecular complexity index is 336. The molecule has 5 heteroatoms. The smallest absolute Gasteiger partial charge is 0.319 e. The monoisotopic (exact) mass is 228 g/mol. The Morgan fingerprint density at radius 2 is 2.27 bits per heavy atom. The maximum Gasteiger partial charge on any atom is 0.319 e. The van der Waals surface area contributed by atoms with Crippen LogP contribution in [-0.2, 0) is 16.1 Å². The Hall–Kier alpha value is -0.940. The van der Waals surface area contributed by atoms with Crippen LogP contribution in [-0.4, -0.2) is 24.1 Å². The van der Waals surface area contributed by atoms with Gasteiger partial charge in [0.15, 0.2) is 0 Å². The fraction of sp³-hybridized carbons (Fsp3) is 0.600. The summed E-state index contributed by atoms with van der Waals surface area (Å²) >= 11 is 1.65. The molecule has 0 aliphatic rings. The maximum atomic E-state index is 11.0. The molecule has 0 saturated heterocycles. The van der Waals surface area contributed by atoms with E-state index in [1.54, 1.807) is 18.3 Å². The molecule has 0 atom stereocenters. The first-order valence-electron chi connectivity index (χ1n) is 4.92. The van der Waals surface area contributed by atoms with Crippen LogP contribution < -0.4 is 5.32 Å². The topological polar surface area (TPSA) is 51.2 Å². The van der Waals surface area contributed by atoms with Crippen molar-refractivity contribution in [3.63, 3.8) is 0 Å². The first kappa shape index (κ1) is 12.1. The average Bonchev–Trinajstić information content (AvgIpc) is 2.46. The Balaban J connectivity index is 2.31. The molecule has 0 aromatic carbocycles. The predicted octanol–water partition coefficient (Wildman–Crippen LogP) is 1.41. The number of esters is 1. The van der Waals surface area contributed by atoms with E-state index in [0.29, 0.717) is 13.2 Å². The van der Waals surface area contributed by atoms with Crippen LogP contribution in [0.2, 0.25) is 0 Å². The lowest BCUT2D eigenvalue weighted by Crippen LogP contribution is -2.24. The molecule has 0 bridgehead atoms. The second-order valence-electron chi connectivity index (χ2n) is 3.15. The van der Waals surface area contributed by atoms with Gasteiger partial charge < -0.3 is 10.1 Å². The van der Waals surface area contributed by atoms with Crippen molar-refractivity contribution in [1.82, 2.24) is 10.3 Å². The van der Waals surface area contributed by atoms with Crippen LogP contribution in [0.4, 0.5) is 0 Å². The van der Waals surface area contributed by atoms with Gasteiger partial charge in [-0.15, -0.1) is 11.3 Å². The highest BCUT2D eigenvalue weighted by Crippen LogP contribution is 2.16. The molecule has 0 aliphatic heterocycles. The van der Waals surface area contributed by atoms with Gasteiger partial charge in [-0.3, -0.25) is 4.79 Å². The summed E-state index contributed by atoms with van der Waals surface area (Å²) in [5.74, 6) is -0.212. The molecule has 1 heterocycles. The lowest BCUT2D eigenvalue weighted by Gasteiger charge is -2.03. The second kappa shape index (κ2) is 5.82. The van der Waals surface area contributed by atoms with E-state index in [-0.39, 0.29) is 12.5 Å². The fourth-order valence-electron chi connectivity index (χ4n) is 1.23. The van der Waals surface area contributed by atoms with Crippen LogP contribution in [0.3, 0.4) is 0 Å². The van der Waals surface area contributed by atoms with Crippen molar-refractivity contribution in [3.8, 4) is 0 Å². The minimum atomic E-state index is -0.212. The Labute approximate surface area is 93.7 Å². The molecule has 0 spiro atoms. The Morgan fingerprint density at radius 3 is 2.80 bits per heavy atom. The summed E-state index contributed by atoms with van der Waals surface area (Å²) in [6.45, 7) is 7.12. The number of carbonyl (C=O) groups is 1. The molecular weight excluding hydrogens is 212 g/mol. The van der Waals surface area contributed by atoms with Crippen LogP contribution >= 0.6 is 11.3 Å². The van der Waals surface area contributed by atoms with Crippen molar-refractivity contribution in [3.05, 3.63) is 15.6 Å². The summed E-state index contributed by atoms with van der Waals surface area (Å²) in [5.41, 5.74) is 1.04. The van der Waals surface area contributed by atoms with Gasteiger partial charge in [0, 0.05) is 11.4 Å². The van der Waals surface area contributed by atoms with Crippen molar-refractivity contribution in [2.24, 2.45) is 0 Å². The number of ether oxygens (including phenoxy) is 1. The highest BCUT2D eigenvalue weighted by Gasteiger charge is 2.05. The molecule has 0 radical (unpaired) electrons. The highest BCUT2D eigenvalue weighted by atomic mass is 32.1. The zero-order valence-corrected chi connectivity index (χ0v) is 10.1. The molecule has 0 amide bonds. The average molecular weight is 228 g/mol. The molecule has 0 saturated carbocycles. The van der Waals surface area contributed by atoms with E-state index >= 15 is 0 Å². The Morgan fingerprint density at radius 1 is 1.53 bits per heavy atom. The zero-order valence-electron chi connectivity index (χ0n) is 9.29. The van der Waals surface area contributed by atoms with E-state index in [1.807, 2.05) is 13.8 Å². The van der Waals surface area contributed by atoms with Crippen LogP contribution in [0, 0.1) is 13.8 Å². The normalized spacial score (nSPS) is 10.3. The second-order valence-corrected chi connectivity index (χ2v) is 4.44. The molecule has 84 valence electrons. The minimum absolute atomic E-state index is 0.212. The number of rotatable bonds is 5. The largest absolute Gasteiger partial charge is 0.465 e. The van der Waals surface area contributed by atoms with Gasteiger partial charge >= 0.3 is 5.97 Å². The molecule has 1 rings (SSSR count). The molecule has 0 fully saturated rings. The van der Waals surface area contributed by atoms with Gasteiger partial charge in [0.2, 0.25) is 0 Å². The predicted molar refractivity (Wildman–Crippen MR) is 59.9 cm³/mol. The summed E-state index contributed by atoms with van der Waals surface area (Å²) < 4.78 is 4.80. The van der Waals surface area contributed by atoms with Crippen molar-refractivity contribution in [1.29, 1.82) is 0 Å². The zero-order chi connectivity index (χ0) is 11.3. The summed E-state index contributed by atoms with van der Waals surface area (Å²) in [7, 11) is 0. The summed E-state index contributed by atoms with van der Waals surface area (Å²) in [6, 6.07) is 0. The highest BCUT2D eigenvalue weighted by molar-refractivity contribution is 7.11. The summed E-state index contributed by atoms with van der Waals surface area (Å²) in [4.78, 5) is 16.5. The molecule has 0 aliphatic carbocycles. The van der Waals surface area contributed by atoms with E-state index in [4.69, 9.17) is 4.74 Å². The van der Waals surface area contributed by atoms with Gasteiger partial charge in [-0.2, -0.15) is 0 Å². The summed E-state index contributed by atoms with van der Waals surface area (Å²) in [5, 5.41) is 4.09. The molecule has 1 N–H and O–H groups in total. The van der Waals surface area contributed by atoms with Crippen molar-refractivity contribution in [2.75, 3.05) is 13.2 Å². The summed E-state index contributed by atoms with van der Waals surface area (Å²) in [6.07, 6.45) is 0. The number of nitrogens with one attached hydrogen (secondary N) is 1. The van der Waals surface area contributed by atoms with E-state index in [9.17, 15) is 4.79 Å². The Kier molecular flexibility index (Phi) is 4.71. The third-order valence-corrected chi connectivity index (χ3v) is 2.93. The van der Waals surface area contributed by atoms with Gasteiger partial charge in [0.1, 0.15) is 0 Å². The van der Waals surface area contributed by atoms with Gasteiger partial charge in [0.25, 0.3) is 0 Å². The number of hydrogen-bond donors (Lipinski definition) is 1. The molecular formula is C10H16N2O2S. The van der Waals surface area contributed by atoms with Crippen LogP contribution in [0.1, 0.15) is 22.5 Å². The standard InChI is InChI=1S/C10H16N2O2S/c1-4-14-10(13)6-11-5-9-7(2)12-8(3)15-9/h11H,4-6H2,1-3H3. The molecule has 0 unspecified atom stereocenters. The molecule has 15 heavy (non-hydrogen) atoms. The quantitative estimate of drug-likeness (QED) is 0.774. The molecule has 4 nitrogen and oxygen atoms in total. The van der Waals surface area contributed by atoms with Gasteiger partial charge in [-0.1, -0.05) is 0 Å². The van der Waals surface area contributed by atoms with Crippen molar-refractivity contribution in [2.45, 2.75) is 27.3 Å². The third-order valence-electron chi connectivity index (χ3n) is 1.86. The number of aryl methyl sites for hydroxylation is 2. The first-order valence-corrected chi connectivity index (χ1v) is 5.74. The number of thiazole rings is 1. The fourth-order valence-corrected chi connectivity index (χ4v) is 2.13. The number of nitrogens with zero attached hydrogens (tertiary/aromatic N) is 1. The number of hydrogen-bond acceptors (Lipinski definition) is 5. The van der Waals surface area contributed by atoms with Crippen LogP contribution in [0.25, 0.3) is 0 Å². The van der Waals surface area contributed by atoms with E-state index in [2.05, 4.69) is 10.3 Å². The maximum absolute atomic E-state index is 11.0. The molecule has 1 aromatic heterocycles. The van der Waals surface area contributed by atoms with Crippen LogP contribution in [0.15, 0.2) is 0 Å². The van der Waals surface area contributed by atoms with Gasteiger partial charge in [0.05, 0.1) is 23.9 Å². The number of aromatic nitrogens is 1. The van der Waals surface area contributed by atoms with E-state index in [0.717, 1.165) is 10.7 Å². The van der Waals surface area contributed by atoms with E-state index < -0.39 is 0 Å². The van der Waals surface area contributed by atoms with Crippen molar-refractivity contribution >= 4 is 17.3 Å². The third kappa shape index (κ3) is 3.97. The van der Waals surface area contributed by atoms with E-state index in [1.165, 1.54) is 4.88 Å². The van der Waals surface area contributed by atoms with Gasteiger partial charge in [-0.25, -0.2) is 4.98 Å². The van der Waals surface area contributed by atoms with Crippen molar-refractivity contribution < 1.29 is 9.53 Å².